The van der Waals surface area contributed by atoms with Gasteiger partial charge in [0, 0.05) is 12.3 Å². The van der Waals surface area contributed by atoms with Crippen LogP contribution in [-0.2, 0) is 0 Å². The van der Waals surface area contributed by atoms with E-state index in [1.807, 2.05) is 12.1 Å². The van der Waals surface area contributed by atoms with Crippen LogP contribution in [-0.4, -0.2) is 9.91 Å². The predicted octanol–water partition coefficient (Wildman–Crippen LogP) is 3.03. The Labute approximate surface area is 109 Å². The van der Waals surface area contributed by atoms with Crippen molar-refractivity contribution in [2.24, 2.45) is 0 Å². The molecular weight excluding hydrogens is 242 g/mol. The normalized spacial score (nSPS) is 10.3. The molecule has 0 N–H and O–H groups in total. The maximum absolute atomic E-state index is 10.9. The van der Waals surface area contributed by atoms with E-state index in [0.29, 0.717) is 11.3 Å². The van der Waals surface area contributed by atoms with Gasteiger partial charge in [-0.1, -0.05) is 6.07 Å². The van der Waals surface area contributed by atoms with Crippen molar-refractivity contribution in [2.75, 3.05) is 0 Å². The van der Waals surface area contributed by atoms with Crippen molar-refractivity contribution in [3.05, 3.63) is 69.5 Å². The molecule has 92 valence electrons. The Balaban J connectivity index is 2.38. The largest absolute Gasteiger partial charge is 0.277 e. The lowest BCUT2D eigenvalue weighted by atomic mass is 10.1. The molecule has 0 atom stereocenters. The maximum atomic E-state index is 10.9. The summed E-state index contributed by atoms with van der Waals surface area (Å²) in [6.07, 6.45) is 4.95. The number of pyridine rings is 1. The summed E-state index contributed by atoms with van der Waals surface area (Å²) in [7, 11) is 0. The summed E-state index contributed by atoms with van der Waals surface area (Å²) in [5.74, 6) is 0. The molecule has 0 radical (unpaired) electrons. The number of benzene rings is 1. The quantitative estimate of drug-likeness (QED) is 0.620. The van der Waals surface area contributed by atoms with Gasteiger partial charge in [-0.2, -0.15) is 5.26 Å². The Morgan fingerprint density at radius 1 is 1.26 bits per heavy atom. The molecule has 0 aliphatic rings. The molecule has 1 aromatic heterocycles. The third-order valence-electron chi connectivity index (χ3n) is 2.48. The monoisotopic (exact) mass is 251 g/mol. The molecular formula is C14H9N3O2. The van der Waals surface area contributed by atoms with Gasteiger partial charge in [-0.05, 0) is 36.4 Å². The smallest absolute Gasteiger partial charge is 0.258 e. The molecule has 19 heavy (non-hydrogen) atoms. The summed E-state index contributed by atoms with van der Waals surface area (Å²) in [4.78, 5) is 14.5. The molecule has 0 saturated carbocycles. The average Bonchev–Trinajstić information content (AvgIpc) is 2.46. The number of nitro groups is 1. The van der Waals surface area contributed by atoms with Gasteiger partial charge in [0.1, 0.15) is 0 Å². The first-order valence-electron chi connectivity index (χ1n) is 5.48. The number of rotatable bonds is 3. The third kappa shape index (κ3) is 3.01. The minimum atomic E-state index is -0.501. The van der Waals surface area contributed by atoms with Gasteiger partial charge >= 0.3 is 0 Å². The van der Waals surface area contributed by atoms with E-state index < -0.39 is 4.92 Å². The Morgan fingerprint density at radius 2 is 2.11 bits per heavy atom. The van der Waals surface area contributed by atoms with Gasteiger partial charge in [0.05, 0.1) is 27.8 Å². The molecule has 0 aliphatic heterocycles. The molecule has 5 nitrogen and oxygen atoms in total. The maximum Gasteiger partial charge on any atom is 0.277 e. The SMILES string of the molecule is N#Cc1ccc(/C=C/c2ccccn2)c([N+](=O)[O-])c1. The van der Waals surface area contributed by atoms with Crippen molar-refractivity contribution in [3.8, 4) is 6.07 Å². The van der Waals surface area contributed by atoms with Gasteiger partial charge in [-0.3, -0.25) is 15.1 Å². The van der Waals surface area contributed by atoms with Gasteiger partial charge in [0.25, 0.3) is 5.69 Å². The van der Waals surface area contributed by atoms with Crippen LogP contribution in [0.25, 0.3) is 12.2 Å². The standard InChI is InChI=1S/C14H9N3O2/c15-10-11-4-5-12(14(9-11)17(18)19)6-7-13-3-1-2-8-16-13/h1-9H/b7-6+. The molecule has 2 rings (SSSR count). The zero-order valence-corrected chi connectivity index (χ0v) is 9.85. The summed E-state index contributed by atoms with van der Waals surface area (Å²) >= 11 is 0. The summed E-state index contributed by atoms with van der Waals surface area (Å²) in [5.41, 5.74) is 1.32. The Kier molecular flexibility index (Phi) is 3.64. The highest BCUT2D eigenvalue weighted by Crippen LogP contribution is 2.22. The van der Waals surface area contributed by atoms with Crippen molar-refractivity contribution < 1.29 is 4.92 Å². The molecule has 0 bridgehead atoms. The molecule has 1 heterocycles. The van der Waals surface area contributed by atoms with E-state index in [4.69, 9.17) is 5.26 Å². The minimum absolute atomic E-state index is 0.0915. The first-order valence-corrected chi connectivity index (χ1v) is 5.48. The second-order valence-corrected chi connectivity index (χ2v) is 3.73. The molecule has 0 fully saturated rings. The molecule has 2 aromatic rings. The van der Waals surface area contributed by atoms with Gasteiger partial charge in [-0.25, -0.2) is 0 Å². The average molecular weight is 251 g/mol. The number of aromatic nitrogens is 1. The van der Waals surface area contributed by atoms with Crippen LogP contribution >= 0.6 is 0 Å². The van der Waals surface area contributed by atoms with Crippen LogP contribution in [0.5, 0.6) is 0 Å². The van der Waals surface area contributed by atoms with Gasteiger partial charge in [0.15, 0.2) is 0 Å². The lowest BCUT2D eigenvalue weighted by Crippen LogP contribution is -1.92. The Hall–Kier alpha value is -3.00. The molecule has 0 aliphatic carbocycles. The summed E-state index contributed by atoms with van der Waals surface area (Å²) in [6, 6.07) is 11.7. The fraction of sp³-hybridized carbons (Fsp3) is 0. The van der Waals surface area contributed by atoms with E-state index in [1.54, 1.807) is 42.6 Å². The van der Waals surface area contributed by atoms with E-state index >= 15 is 0 Å². The third-order valence-corrected chi connectivity index (χ3v) is 2.48. The number of nitro benzene ring substituents is 1. The number of nitriles is 1. The fourth-order valence-electron chi connectivity index (χ4n) is 1.56. The highest BCUT2D eigenvalue weighted by atomic mass is 16.6. The first-order chi connectivity index (χ1) is 9.20. The van der Waals surface area contributed by atoms with Gasteiger partial charge in [-0.15, -0.1) is 0 Å². The van der Waals surface area contributed by atoms with Gasteiger partial charge in [0.2, 0.25) is 0 Å². The van der Waals surface area contributed by atoms with E-state index in [0.717, 1.165) is 0 Å². The fourth-order valence-corrected chi connectivity index (χ4v) is 1.56. The molecule has 5 heteroatoms. The van der Waals surface area contributed by atoms with Crippen LogP contribution in [0, 0.1) is 21.4 Å². The van der Waals surface area contributed by atoms with Crippen molar-refractivity contribution in [2.45, 2.75) is 0 Å². The molecule has 0 amide bonds. The van der Waals surface area contributed by atoms with Crippen molar-refractivity contribution in [1.82, 2.24) is 4.98 Å². The van der Waals surface area contributed by atoms with E-state index in [9.17, 15) is 10.1 Å². The lowest BCUT2D eigenvalue weighted by molar-refractivity contribution is -0.385. The summed E-state index contributed by atoms with van der Waals surface area (Å²) < 4.78 is 0. The van der Waals surface area contributed by atoms with E-state index in [-0.39, 0.29) is 11.3 Å². The number of nitrogens with zero attached hydrogens (tertiary/aromatic N) is 3. The van der Waals surface area contributed by atoms with Crippen LogP contribution in [0.1, 0.15) is 16.8 Å². The highest BCUT2D eigenvalue weighted by molar-refractivity contribution is 5.73. The zero-order chi connectivity index (χ0) is 13.7. The van der Waals surface area contributed by atoms with Crippen LogP contribution in [0.3, 0.4) is 0 Å². The lowest BCUT2D eigenvalue weighted by Gasteiger charge is -1.98. The Bertz CT molecular complexity index is 673. The molecule has 0 unspecified atom stereocenters. The number of hydrogen-bond acceptors (Lipinski definition) is 4. The van der Waals surface area contributed by atoms with Crippen LogP contribution < -0.4 is 0 Å². The van der Waals surface area contributed by atoms with Crippen molar-refractivity contribution >= 4 is 17.8 Å². The minimum Gasteiger partial charge on any atom is -0.258 e. The highest BCUT2D eigenvalue weighted by Gasteiger charge is 2.12. The second-order valence-electron chi connectivity index (χ2n) is 3.73. The van der Waals surface area contributed by atoms with Crippen LogP contribution in [0.4, 0.5) is 5.69 Å². The van der Waals surface area contributed by atoms with Crippen LogP contribution in [0.15, 0.2) is 42.6 Å². The second kappa shape index (κ2) is 5.56. The first kappa shape index (κ1) is 12.5. The Morgan fingerprint density at radius 3 is 2.74 bits per heavy atom. The van der Waals surface area contributed by atoms with E-state index in [1.165, 1.54) is 6.07 Å². The summed E-state index contributed by atoms with van der Waals surface area (Å²) in [5, 5.41) is 19.7. The van der Waals surface area contributed by atoms with Crippen molar-refractivity contribution in [1.29, 1.82) is 5.26 Å². The summed E-state index contributed by atoms with van der Waals surface area (Å²) in [6.45, 7) is 0. The predicted molar refractivity (Wildman–Crippen MR) is 71.0 cm³/mol. The molecule has 0 spiro atoms. The molecule has 1 aromatic carbocycles. The van der Waals surface area contributed by atoms with E-state index in [2.05, 4.69) is 4.98 Å². The zero-order valence-electron chi connectivity index (χ0n) is 9.85. The molecule has 0 saturated heterocycles. The van der Waals surface area contributed by atoms with Gasteiger partial charge < -0.3 is 0 Å². The number of hydrogen-bond donors (Lipinski definition) is 0. The topological polar surface area (TPSA) is 79.8 Å². The van der Waals surface area contributed by atoms with Crippen LogP contribution in [0.2, 0.25) is 0 Å². The van der Waals surface area contributed by atoms with Crippen molar-refractivity contribution in [3.63, 3.8) is 0 Å².